The first kappa shape index (κ1) is 12.4. The molecule has 100 valence electrons. The molecule has 0 bridgehead atoms. The topological polar surface area (TPSA) is 86.5 Å². The lowest BCUT2D eigenvalue weighted by Crippen LogP contribution is -1.94. The molecule has 3 rings (SSSR count). The molecule has 0 saturated heterocycles. The van der Waals surface area contributed by atoms with Crippen LogP contribution in [-0.2, 0) is 0 Å². The lowest BCUT2D eigenvalue weighted by atomic mass is 10.1. The summed E-state index contributed by atoms with van der Waals surface area (Å²) >= 11 is 5.91. The fourth-order valence-electron chi connectivity index (χ4n) is 2.02. The molecule has 0 aliphatic carbocycles. The number of halogens is 1. The number of nitro benzene ring substituents is 1. The first-order chi connectivity index (χ1) is 9.56. The summed E-state index contributed by atoms with van der Waals surface area (Å²) in [6.45, 7) is 0. The molecule has 0 unspecified atom stereocenters. The smallest absolute Gasteiger partial charge is 0.270 e. The van der Waals surface area contributed by atoms with E-state index in [9.17, 15) is 10.1 Å². The molecule has 0 saturated carbocycles. The van der Waals surface area contributed by atoms with Crippen molar-refractivity contribution in [2.45, 2.75) is 0 Å². The van der Waals surface area contributed by atoms with E-state index >= 15 is 0 Å². The van der Waals surface area contributed by atoms with Gasteiger partial charge in [0.2, 0.25) is 0 Å². The molecule has 3 aromatic rings. The van der Waals surface area contributed by atoms with Crippen LogP contribution < -0.4 is 5.73 Å². The van der Waals surface area contributed by atoms with E-state index in [1.165, 1.54) is 12.1 Å². The van der Waals surface area contributed by atoms with Crippen molar-refractivity contribution in [3.63, 3.8) is 0 Å². The number of rotatable bonds is 2. The van der Waals surface area contributed by atoms with Gasteiger partial charge < -0.3 is 5.73 Å². The summed E-state index contributed by atoms with van der Waals surface area (Å²) in [6.07, 6.45) is 1.71. The third-order valence-electron chi connectivity index (χ3n) is 2.96. The Kier molecular flexibility index (Phi) is 2.80. The van der Waals surface area contributed by atoms with Gasteiger partial charge in [-0.05, 0) is 6.07 Å². The molecule has 6 nitrogen and oxygen atoms in total. The molecule has 0 atom stereocenters. The minimum atomic E-state index is -0.452. The van der Waals surface area contributed by atoms with Crippen molar-refractivity contribution in [2.24, 2.45) is 0 Å². The Balaban J connectivity index is 2.21. The zero-order chi connectivity index (χ0) is 14.3. The fraction of sp³-hybridized carbons (Fsp3) is 0. The SMILES string of the molecule is Nc1c(-c2cccc([N+](=O)[O-])c2)nc2cc(Cl)ccn12. The number of nitrogens with zero attached hydrogens (tertiary/aromatic N) is 3. The molecule has 0 amide bonds. The van der Waals surface area contributed by atoms with E-state index in [0.29, 0.717) is 27.7 Å². The van der Waals surface area contributed by atoms with Crippen molar-refractivity contribution in [2.75, 3.05) is 5.73 Å². The maximum absolute atomic E-state index is 10.8. The highest BCUT2D eigenvalue weighted by molar-refractivity contribution is 6.30. The number of aromatic nitrogens is 2. The van der Waals surface area contributed by atoms with Crippen LogP contribution in [0.1, 0.15) is 0 Å². The maximum Gasteiger partial charge on any atom is 0.270 e. The zero-order valence-electron chi connectivity index (χ0n) is 10.2. The van der Waals surface area contributed by atoms with Gasteiger partial charge in [-0.1, -0.05) is 23.7 Å². The van der Waals surface area contributed by atoms with Crippen molar-refractivity contribution in [3.8, 4) is 11.3 Å². The van der Waals surface area contributed by atoms with Crippen LogP contribution in [0.3, 0.4) is 0 Å². The Morgan fingerprint density at radius 1 is 1.30 bits per heavy atom. The summed E-state index contributed by atoms with van der Waals surface area (Å²) in [5.41, 5.74) is 7.72. The molecule has 7 heteroatoms. The molecular weight excluding hydrogens is 280 g/mol. The number of fused-ring (bicyclic) bond motifs is 1. The summed E-state index contributed by atoms with van der Waals surface area (Å²) in [5.74, 6) is 0.414. The van der Waals surface area contributed by atoms with Gasteiger partial charge >= 0.3 is 0 Å². The third-order valence-corrected chi connectivity index (χ3v) is 3.19. The van der Waals surface area contributed by atoms with Crippen molar-refractivity contribution >= 4 is 28.8 Å². The number of nitrogen functional groups attached to an aromatic ring is 1. The van der Waals surface area contributed by atoms with Crippen LogP contribution in [0.2, 0.25) is 5.02 Å². The Morgan fingerprint density at radius 3 is 2.85 bits per heavy atom. The predicted octanol–water partition coefficient (Wildman–Crippen LogP) is 3.15. The second-order valence-electron chi connectivity index (χ2n) is 4.23. The van der Waals surface area contributed by atoms with Crippen molar-refractivity contribution in [1.29, 1.82) is 0 Å². The molecule has 0 aliphatic heterocycles. The summed E-state index contributed by atoms with van der Waals surface area (Å²) < 4.78 is 1.68. The highest BCUT2D eigenvalue weighted by Gasteiger charge is 2.14. The highest BCUT2D eigenvalue weighted by Crippen LogP contribution is 2.29. The molecule has 20 heavy (non-hydrogen) atoms. The number of nitro groups is 1. The molecule has 0 spiro atoms. The number of imidazole rings is 1. The van der Waals surface area contributed by atoms with Gasteiger partial charge in [-0.25, -0.2) is 4.98 Å². The molecule has 2 N–H and O–H groups in total. The molecule has 0 radical (unpaired) electrons. The van der Waals surface area contributed by atoms with Gasteiger partial charge in [0, 0.05) is 35.0 Å². The van der Waals surface area contributed by atoms with E-state index in [1.54, 1.807) is 34.9 Å². The number of hydrogen-bond acceptors (Lipinski definition) is 4. The van der Waals surface area contributed by atoms with Crippen LogP contribution in [0.4, 0.5) is 11.5 Å². The number of hydrogen-bond donors (Lipinski definition) is 1. The van der Waals surface area contributed by atoms with Gasteiger partial charge in [-0.3, -0.25) is 14.5 Å². The monoisotopic (exact) mass is 288 g/mol. The maximum atomic E-state index is 10.8. The Hall–Kier alpha value is -2.60. The van der Waals surface area contributed by atoms with E-state index in [-0.39, 0.29) is 5.69 Å². The predicted molar refractivity (Wildman–Crippen MR) is 76.7 cm³/mol. The minimum absolute atomic E-state index is 0.00279. The van der Waals surface area contributed by atoms with Crippen LogP contribution in [0.25, 0.3) is 16.9 Å². The summed E-state index contributed by atoms with van der Waals surface area (Å²) in [4.78, 5) is 14.7. The molecule has 2 heterocycles. The van der Waals surface area contributed by atoms with Crippen molar-refractivity contribution in [3.05, 3.63) is 57.7 Å². The lowest BCUT2D eigenvalue weighted by Gasteiger charge is -1.99. The van der Waals surface area contributed by atoms with E-state index in [4.69, 9.17) is 17.3 Å². The van der Waals surface area contributed by atoms with Gasteiger partial charge in [0.1, 0.15) is 17.2 Å². The summed E-state index contributed by atoms with van der Waals surface area (Å²) in [5, 5.41) is 11.4. The van der Waals surface area contributed by atoms with Crippen molar-refractivity contribution in [1.82, 2.24) is 9.38 Å². The molecule has 2 aromatic heterocycles. The molecule has 0 aliphatic rings. The van der Waals surface area contributed by atoms with Gasteiger partial charge in [0.25, 0.3) is 5.69 Å². The molecule has 0 fully saturated rings. The lowest BCUT2D eigenvalue weighted by molar-refractivity contribution is -0.384. The second kappa shape index (κ2) is 4.50. The first-order valence-electron chi connectivity index (χ1n) is 5.74. The molecular formula is C13H9ClN4O2. The Labute approximate surface area is 118 Å². The summed E-state index contributed by atoms with van der Waals surface area (Å²) in [6, 6.07) is 9.57. The largest absolute Gasteiger partial charge is 0.383 e. The first-order valence-corrected chi connectivity index (χ1v) is 6.12. The second-order valence-corrected chi connectivity index (χ2v) is 4.66. The van der Waals surface area contributed by atoms with Crippen LogP contribution >= 0.6 is 11.6 Å². The van der Waals surface area contributed by atoms with E-state index in [2.05, 4.69) is 4.98 Å². The fourth-order valence-corrected chi connectivity index (χ4v) is 2.17. The number of anilines is 1. The number of benzene rings is 1. The van der Waals surface area contributed by atoms with Crippen LogP contribution in [0, 0.1) is 10.1 Å². The average molecular weight is 289 g/mol. The highest BCUT2D eigenvalue weighted by atomic mass is 35.5. The van der Waals surface area contributed by atoms with E-state index < -0.39 is 4.92 Å². The van der Waals surface area contributed by atoms with Crippen LogP contribution in [0.15, 0.2) is 42.6 Å². The van der Waals surface area contributed by atoms with E-state index in [0.717, 1.165) is 0 Å². The van der Waals surface area contributed by atoms with Gasteiger partial charge in [-0.2, -0.15) is 0 Å². The number of pyridine rings is 1. The number of nitrogens with two attached hydrogens (primary N) is 1. The molecule has 1 aromatic carbocycles. The summed E-state index contributed by atoms with van der Waals surface area (Å²) in [7, 11) is 0. The zero-order valence-corrected chi connectivity index (χ0v) is 10.9. The Bertz CT molecular complexity index is 828. The standard InChI is InChI=1S/C13H9ClN4O2/c14-9-4-5-17-11(7-9)16-12(13(17)15)8-2-1-3-10(6-8)18(19)20/h1-7H,15H2. The third kappa shape index (κ3) is 1.96. The average Bonchev–Trinajstić information content (AvgIpc) is 2.75. The van der Waals surface area contributed by atoms with Gasteiger partial charge in [0.15, 0.2) is 0 Å². The Morgan fingerprint density at radius 2 is 2.10 bits per heavy atom. The van der Waals surface area contributed by atoms with Gasteiger partial charge in [0.05, 0.1) is 4.92 Å². The minimum Gasteiger partial charge on any atom is -0.383 e. The quantitative estimate of drug-likeness (QED) is 0.579. The van der Waals surface area contributed by atoms with Gasteiger partial charge in [-0.15, -0.1) is 0 Å². The normalized spacial score (nSPS) is 10.8. The van der Waals surface area contributed by atoms with Crippen molar-refractivity contribution < 1.29 is 4.92 Å². The van der Waals surface area contributed by atoms with Crippen LogP contribution in [-0.4, -0.2) is 14.3 Å². The number of non-ortho nitro benzene ring substituents is 1. The van der Waals surface area contributed by atoms with Crippen LogP contribution in [0.5, 0.6) is 0 Å². The van der Waals surface area contributed by atoms with E-state index in [1.807, 2.05) is 0 Å².